The molecule has 3 aromatic carbocycles. The van der Waals surface area contributed by atoms with Gasteiger partial charge >= 0.3 is 0 Å². The van der Waals surface area contributed by atoms with Gasteiger partial charge in [-0.15, -0.1) is 0 Å². The summed E-state index contributed by atoms with van der Waals surface area (Å²) in [5, 5.41) is 2.40. The Morgan fingerprint density at radius 1 is 0.795 bits per heavy atom. The molecule has 39 heavy (non-hydrogen) atoms. The maximum Gasteiger partial charge on any atom is 0.137 e. The fourth-order valence-electron chi connectivity index (χ4n) is 5.91. The number of anilines is 1. The van der Waals surface area contributed by atoms with Gasteiger partial charge in [0.2, 0.25) is 0 Å². The highest BCUT2D eigenvalue weighted by atomic mass is 16.5. The molecular weight excluding hydrogens is 480 g/mol. The number of aromatic nitrogens is 2. The molecule has 5 aromatic rings. The van der Waals surface area contributed by atoms with Crippen LogP contribution in [0.3, 0.4) is 0 Å². The molecule has 5 nitrogen and oxygen atoms in total. The molecule has 2 aliphatic heterocycles. The van der Waals surface area contributed by atoms with Crippen molar-refractivity contribution in [3.05, 3.63) is 103 Å². The van der Waals surface area contributed by atoms with E-state index in [1.165, 1.54) is 41.3 Å². The maximum atomic E-state index is 6.48. The molecule has 0 aliphatic carbocycles. The molecular formula is C34H34N4O. The van der Waals surface area contributed by atoms with Crippen LogP contribution in [0.4, 0.5) is 5.69 Å². The SMILES string of the molecule is CC(C)(C)c1ccnc(-n2c3ccccc3c3ccc(Oc4cccc(N5C=C6CCCCN6C5)c4)cc32)c1. The molecule has 0 saturated carbocycles. The summed E-state index contributed by atoms with van der Waals surface area (Å²) < 4.78 is 8.74. The summed E-state index contributed by atoms with van der Waals surface area (Å²) in [7, 11) is 0. The quantitative estimate of drug-likeness (QED) is 0.241. The zero-order chi connectivity index (χ0) is 26.6. The van der Waals surface area contributed by atoms with Crippen LogP contribution >= 0.6 is 0 Å². The molecule has 2 aliphatic rings. The number of nitrogens with zero attached hydrogens (tertiary/aromatic N) is 4. The first-order chi connectivity index (χ1) is 18.9. The molecule has 0 spiro atoms. The minimum Gasteiger partial charge on any atom is -0.457 e. The second-order valence-electron chi connectivity index (χ2n) is 11.7. The molecule has 0 bridgehead atoms. The summed E-state index contributed by atoms with van der Waals surface area (Å²) in [5.41, 5.74) is 6.14. The van der Waals surface area contributed by atoms with Gasteiger partial charge in [0.1, 0.15) is 17.3 Å². The van der Waals surface area contributed by atoms with Crippen molar-refractivity contribution in [3.63, 3.8) is 0 Å². The van der Waals surface area contributed by atoms with Crippen LogP contribution in [0.2, 0.25) is 0 Å². The Morgan fingerprint density at radius 2 is 1.64 bits per heavy atom. The van der Waals surface area contributed by atoms with Gasteiger partial charge in [-0.1, -0.05) is 45.0 Å². The van der Waals surface area contributed by atoms with Gasteiger partial charge < -0.3 is 14.5 Å². The predicted octanol–water partition coefficient (Wildman–Crippen LogP) is 8.37. The topological polar surface area (TPSA) is 33.5 Å². The smallest absolute Gasteiger partial charge is 0.137 e. The molecule has 1 fully saturated rings. The number of piperidine rings is 1. The van der Waals surface area contributed by atoms with Gasteiger partial charge in [-0.2, -0.15) is 0 Å². The van der Waals surface area contributed by atoms with E-state index < -0.39 is 0 Å². The molecule has 2 aromatic heterocycles. The Bertz CT molecular complexity index is 1720. The van der Waals surface area contributed by atoms with E-state index in [1.807, 2.05) is 12.3 Å². The molecule has 0 radical (unpaired) electrons. The molecule has 196 valence electrons. The van der Waals surface area contributed by atoms with Crippen molar-refractivity contribution in [3.8, 4) is 17.3 Å². The lowest BCUT2D eigenvalue weighted by Gasteiger charge is -2.27. The highest BCUT2D eigenvalue weighted by Gasteiger charge is 2.24. The minimum atomic E-state index is 0.0375. The van der Waals surface area contributed by atoms with Gasteiger partial charge in [0.25, 0.3) is 0 Å². The van der Waals surface area contributed by atoms with Gasteiger partial charge in [0, 0.05) is 53.2 Å². The first kappa shape index (κ1) is 23.8. The molecule has 0 unspecified atom stereocenters. The van der Waals surface area contributed by atoms with Crippen LogP contribution in [0, 0.1) is 0 Å². The van der Waals surface area contributed by atoms with E-state index in [1.54, 1.807) is 0 Å². The fourth-order valence-corrected chi connectivity index (χ4v) is 5.91. The van der Waals surface area contributed by atoms with E-state index >= 15 is 0 Å². The fraction of sp³-hybridized carbons (Fsp3) is 0.265. The van der Waals surface area contributed by atoms with Gasteiger partial charge in [-0.25, -0.2) is 4.98 Å². The van der Waals surface area contributed by atoms with Gasteiger partial charge in [0.05, 0.1) is 17.7 Å². The van der Waals surface area contributed by atoms with Gasteiger partial charge in [-0.05, 0) is 72.7 Å². The predicted molar refractivity (Wildman–Crippen MR) is 160 cm³/mol. The van der Waals surface area contributed by atoms with Crippen molar-refractivity contribution in [1.82, 2.24) is 14.5 Å². The number of benzene rings is 3. The molecule has 4 heterocycles. The van der Waals surface area contributed by atoms with Crippen molar-refractivity contribution >= 4 is 27.5 Å². The van der Waals surface area contributed by atoms with E-state index in [0.717, 1.165) is 47.3 Å². The molecule has 7 rings (SSSR count). The number of para-hydroxylation sites is 1. The van der Waals surface area contributed by atoms with Crippen molar-refractivity contribution < 1.29 is 4.74 Å². The van der Waals surface area contributed by atoms with E-state index in [0.29, 0.717) is 0 Å². The third kappa shape index (κ3) is 4.32. The van der Waals surface area contributed by atoms with E-state index in [-0.39, 0.29) is 5.41 Å². The molecule has 0 N–H and O–H groups in total. The number of ether oxygens (including phenoxy) is 1. The largest absolute Gasteiger partial charge is 0.457 e. The van der Waals surface area contributed by atoms with Crippen molar-refractivity contribution in [2.24, 2.45) is 0 Å². The monoisotopic (exact) mass is 514 g/mol. The second kappa shape index (κ2) is 9.19. The highest BCUT2D eigenvalue weighted by molar-refractivity contribution is 6.09. The first-order valence-corrected chi connectivity index (χ1v) is 13.9. The Kier molecular flexibility index (Phi) is 5.62. The molecule has 0 atom stereocenters. The van der Waals surface area contributed by atoms with Crippen LogP contribution in [0.25, 0.3) is 27.6 Å². The first-order valence-electron chi connectivity index (χ1n) is 13.9. The summed E-state index contributed by atoms with van der Waals surface area (Å²) in [5.74, 6) is 2.57. The van der Waals surface area contributed by atoms with Crippen molar-refractivity contribution in [2.75, 3.05) is 18.1 Å². The van der Waals surface area contributed by atoms with Gasteiger partial charge in [0.15, 0.2) is 0 Å². The molecule has 5 heteroatoms. The zero-order valence-corrected chi connectivity index (χ0v) is 22.9. The maximum absolute atomic E-state index is 6.48. The number of allylic oxidation sites excluding steroid dienone is 1. The zero-order valence-electron chi connectivity index (χ0n) is 22.9. The standard InChI is InChI=1S/C34H34N4O/c1-34(2,3)24-16-17-35-33(19-24)38-31-13-5-4-12-29(31)30-15-14-28(21-32(30)38)39-27-11-8-10-25(20-27)37-22-26-9-6-7-18-36(26)23-37/h4-5,8,10-17,19-22H,6-7,9,18,23H2,1-3H3. The lowest BCUT2D eigenvalue weighted by molar-refractivity contribution is 0.317. The Balaban J connectivity index is 1.27. The second-order valence-corrected chi connectivity index (χ2v) is 11.7. The minimum absolute atomic E-state index is 0.0375. The lowest BCUT2D eigenvalue weighted by atomic mass is 9.88. The van der Waals surface area contributed by atoms with Gasteiger partial charge in [-0.3, -0.25) is 4.57 Å². The van der Waals surface area contributed by atoms with E-state index in [9.17, 15) is 0 Å². The number of hydrogen-bond donors (Lipinski definition) is 0. The number of rotatable bonds is 4. The number of pyridine rings is 1. The van der Waals surface area contributed by atoms with Crippen LogP contribution in [0.5, 0.6) is 11.5 Å². The van der Waals surface area contributed by atoms with Crippen LogP contribution in [-0.2, 0) is 5.41 Å². The number of hydrogen-bond acceptors (Lipinski definition) is 4. The average Bonchev–Trinajstić information content (AvgIpc) is 3.52. The summed E-state index contributed by atoms with van der Waals surface area (Å²) >= 11 is 0. The van der Waals surface area contributed by atoms with Crippen LogP contribution < -0.4 is 9.64 Å². The Morgan fingerprint density at radius 3 is 2.51 bits per heavy atom. The van der Waals surface area contributed by atoms with Crippen molar-refractivity contribution in [1.29, 1.82) is 0 Å². The van der Waals surface area contributed by atoms with Crippen LogP contribution in [-0.4, -0.2) is 27.7 Å². The Labute approximate surface area is 229 Å². The van der Waals surface area contributed by atoms with E-state index in [2.05, 4.69) is 114 Å². The normalized spacial score (nSPS) is 15.6. The van der Waals surface area contributed by atoms with Crippen molar-refractivity contribution in [2.45, 2.75) is 45.4 Å². The summed E-state index contributed by atoms with van der Waals surface area (Å²) in [6.07, 6.45) is 7.97. The molecule has 0 amide bonds. The van der Waals surface area contributed by atoms with Crippen LogP contribution in [0.15, 0.2) is 97.0 Å². The summed E-state index contributed by atoms with van der Waals surface area (Å²) in [6, 6.07) is 27.7. The average molecular weight is 515 g/mol. The summed E-state index contributed by atoms with van der Waals surface area (Å²) in [6.45, 7) is 8.79. The highest BCUT2D eigenvalue weighted by Crippen LogP contribution is 2.37. The van der Waals surface area contributed by atoms with E-state index in [4.69, 9.17) is 9.72 Å². The number of fused-ring (bicyclic) bond motifs is 4. The van der Waals surface area contributed by atoms with Crippen LogP contribution in [0.1, 0.15) is 45.6 Å². The Hall–Kier alpha value is -4.25. The lowest BCUT2D eigenvalue weighted by Crippen LogP contribution is -2.29. The molecule has 1 saturated heterocycles. The third-order valence-corrected chi connectivity index (χ3v) is 8.02. The third-order valence-electron chi connectivity index (χ3n) is 8.02. The summed E-state index contributed by atoms with van der Waals surface area (Å²) in [4.78, 5) is 9.63.